The van der Waals surface area contributed by atoms with Gasteiger partial charge in [-0.1, -0.05) is 36.1 Å². The smallest absolute Gasteiger partial charge is 0.0391 e. The van der Waals surface area contributed by atoms with E-state index < -0.39 is 0 Å². The van der Waals surface area contributed by atoms with Gasteiger partial charge in [0.05, 0.1) is 0 Å². The van der Waals surface area contributed by atoms with Gasteiger partial charge in [0.2, 0.25) is 0 Å². The Bertz CT molecular complexity index is 545. The summed E-state index contributed by atoms with van der Waals surface area (Å²) in [4.78, 5) is 0. The molecule has 1 heteroatoms. The summed E-state index contributed by atoms with van der Waals surface area (Å²) in [5.41, 5.74) is 3.29. The summed E-state index contributed by atoms with van der Waals surface area (Å²) in [6.45, 7) is 2.07. The van der Waals surface area contributed by atoms with Crippen molar-refractivity contribution in [1.82, 2.24) is 0 Å². The molecule has 0 fully saturated rings. The maximum Gasteiger partial charge on any atom is 0.0391 e. The lowest BCUT2D eigenvalue weighted by molar-refractivity contribution is 1.43. The Morgan fingerprint density at radius 2 is 1.69 bits per heavy atom. The van der Waals surface area contributed by atoms with Gasteiger partial charge in [-0.3, -0.25) is 0 Å². The van der Waals surface area contributed by atoms with E-state index in [0.29, 0.717) is 0 Å². The van der Waals surface area contributed by atoms with Crippen LogP contribution in [-0.2, 0) is 0 Å². The van der Waals surface area contributed by atoms with Crippen LogP contribution in [0.25, 0.3) is 0 Å². The van der Waals surface area contributed by atoms with Crippen molar-refractivity contribution < 1.29 is 0 Å². The highest BCUT2D eigenvalue weighted by atomic mass is 79.9. The van der Waals surface area contributed by atoms with E-state index in [-0.39, 0.29) is 0 Å². The Morgan fingerprint density at radius 1 is 0.938 bits per heavy atom. The molecule has 0 saturated carbocycles. The third kappa shape index (κ3) is 2.74. The second-order valence-corrected chi connectivity index (χ2v) is 4.45. The lowest BCUT2D eigenvalue weighted by Crippen LogP contribution is -1.80. The first-order valence-corrected chi connectivity index (χ1v) is 5.88. The van der Waals surface area contributed by atoms with Crippen LogP contribution in [0.5, 0.6) is 0 Å². The SMILES string of the molecule is Cc1ccc(C#Cc2ccccc2)c(Br)c1. The van der Waals surface area contributed by atoms with Crippen LogP contribution in [0.1, 0.15) is 16.7 Å². The molecule has 0 aromatic heterocycles. The zero-order chi connectivity index (χ0) is 11.4. The van der Waals surface area contributed by atoms with Crippen LogP contribution in [0, 0.1) is 18.8 Å². The minimum atomic E-state index is 1.02. The molecule has 0 N–H and O–H groups in total. The molecule has 2 rings (SSSR count). The summed E-state index contributed by atoms with van der Waals surface area (Å²) >= 11 is 3.52. The van der Waals surface area contributed by atoms with Crippen molar-refractivity contribution in [3.05, 3.63) is 69.7 Å². The van der Waals surface area contributed by atoms with Crippen LogP contribution in [0.3, 0.4) is 0 Å². The first kappa shape index (κ1) is 11.0. The molecule has 0 atom stereocenters. The summed E-state index contributed by atoms with van der Waals surface area (Å²) < 4.78 is 1.05. The molecule has 0 nitrogen and oxygen atoms in total. The molecule has 78 valence electrons. The molecule has 0 saturated heterocycles. The summed E-state index contributed by atoms with van der Waals surface area (Å²) in [6.07, 6.45) is 0. The molecule has 0 heterocycles. The summed E-state index contributed by atoms with van der Waals surface area (Å²) in [5.74, 6) is 6.30. The van der Waals surface area contributed by atoms with E-state index in [1.807, 2.05) is 36.4 Å². The van der Waals surface area contributed by atoms with E-state index in [1.165, 1.54) is 5.56 Å². The minimum Gasteiger partial charge on any atom is -0.0622 e. The Kier molecular flexibility index (Phi) is 3.44. The molecule has 16 heavy (non-hydrogen) atoms. The fourth-order valence-corrected chi connectivity index (χ4v) is 1.97. The molecule has 0 aliphatic heterocycles. The van der Waals surface area contributed by atoms with E-state index >= 15 is 0 Å². The average Bonchev–Trinajstić information content (AvgIpc) is 2.29. The highest BCUT2D eigenvalue weighted by molar-refractivity contribution is 9.10. The largest absolute Gasteiger partial charge is 0.0622 e. The maximum atomic E-state index is 3.52. The minimum absolute atomic E-state index is 1.02. The molecule has 0 radical (unpaired) electrons. The lowest BCUT2D eigenvalue weighted by Gasteiger charge is -1.97. The van der Waals surface area contributed by atoms with Crippen molar-refractivity contribution in [2.45, 2.75) is 6.92 Å². The van der Waals surface area contributed by atoms with Gasteiger partial charge in [0.25, 0.3) is 0 Å². The summed E-state index contributed by atoms with van der Waals surface area (Å²) in [7, 11) is 0. The van der Waals surface area contributed by atoms with Gasteiger partial charge in [-0.15, -0.1) is 0 Å². The van der Waals surface area contributed by atoms with Crippen LogP contribution >= 0.6 is 15.9 Å². The zero-order valence-corrected chi connectivity index (χ0v) is 10.6. The van der Waals surface area contributed by atoms with Crippen molar-refractivity contribution in [1.29, 1.82) is 0 Å². The molecule has 0 aliphatic rings. The van der Waals surface area contributed by atoms with Crippen molar-refractivity contribution in [2.24, 2.45) is 0 Å². The molecular formula is C15H11Br. The quantitative estimate of drug-likeness (QED) is 0.631. The van der Waals surface area contributed by atoms with Crippen LogP contribution in [0.4, 0.5) is 0 Å². The van der Waals surface area contributed by atoms with E-state index in [1.54, 1.807) is 0 Å². The van der Waals surface area contributed by atoms with Gasteiger partial charge in [-0.05, 0) is 52.7 Å². The monoisotopic (exact) mass is 270 g/mol. The highest BCUT2D eigenvalue weighted by Gasteiger charge is 1.95. The Morgan fingerprint density at radius 3 is 2.38 bits per heavy atom. The van der Waals surface area contributed by atoms with Crippen LogP contribution in [-0.4, -0.2) is 0 Å². The van der Waals surface area contributed by atoms with E-state index in [9.17, 15) is 0 Å². The predicted molar refractivity (Wildman–Crippen MR) is 71.3 cm³/mol. The van der Waals surface area contributed by atoms with Crippen LogP contribution in [0.15, 0.2) is 53.0 Å². The number of halogens is 1. The first-order valence-electron chi connectivity index (χ1n) is 5.09. The molecule has 0 aliphatic carbocycles. The maximum absolute atomic E-state index is 3.52. The second-order valence-electron chi connectivity index (χ2n) is 3.60. The Hall–Kier alpha value is -1.52. The predicted octanol–water partition coefficient (Wildman–Crippen LogP) is 4.16. The van der Waals surface area contributed by atoms with E-state index in [0.717, 1.165) is 15.6 Å². The molecular weight excluding hydrogens is 260 g/mol. The Labute approximate surface area is 104 Å². The third-order valence-electron chi connectivity index (χ3n) is 2.24. The summed E-state index contributed by atoms with van der Waals surface area (Å²) in [6, 6.07) is 16.2. The number of rotatable bonds is 0. The fraction of sp³-hybridized carbons (Fsp3) is 0.0667. The number of aryl methyl sites for hydroxylation is 1. The van der Waals surface area contributed by atoms with Crippen LogP contribution in [0.2, 0.25) is 0 Å². The topological polar surface area (TPSA) is 0 Å². The first-order chi connectivity index (χ1) is 7.75. The molecule has 0 unspecified atom stereocenters. The third-order valence-corrected chi connectivity index (χ3v) is 2.90. The van der Waals surface area contributed by atoms with Gasteiger partial charge in [0, 0.05) is 15.6 Å². The highest BCUT2D eigenvalue weighted by Crippen LogP contribution is 2.17. The van der Waals surface area contributed by atoms with Crippen molar-refractivity contribution in [3.63, 3.8) is 0 Å². The van der Waals surface area contributed by atoms with Gasteiger partial charge in [0.1, 0.15) is 0 Å². The fourth-order valence-electron chi connectivity index (χ4n) is 1.38. The van der Waals surface area contributed by atoms with Gasteiger partial charge in [0.15, 0.2) is 0 Å². The normalized spacial score (nSPS) is 9.38. The molecule has 2 aromatic carbocycles. The molecule has 0 spiro atoms. The molecule has 0 amide bonds. The van der Waals surface area contributed by atoms with Gasteiger partial charge in [-0.2, -0.15) is 0 Å². The Balaban J connectivity index is 2.31. The second kappa shape index (κ2) is 5.01. The standard InChI is InChI=1S/C15H11Br/c1-12-7-9-14(15(16)11-12)10-8-13-5-3-2-4-6-13/h2-7,9,11H,1H3. The van der Waals surface area contributed by atoms with Crippen molar-refractivity contribution in [2.75, 3.05) is 0 Å². The number of benzene rings is 2. The number of hydrogen-bond donors (Lipinski definition) is 0. The van der Waals surface area contributed by atoms with Crippen LogP contribution < -0.4 is 0 Å². The van der Waals surface area contributed by atoms with E-state index in [4.69, 9.17) is 0 Å². The van der Waals surface area contributed by atoms with E-state index in [2.05, 4.69) is 46.8 Å². The average molecular weight is 271 g/mol. The molecule has 2 aromatic rings. The zero-order valence-electron chi connectivity index (χ0n) is 9.00. The molecule has 0 bridgehead atoms. The van der Waals surface area contributed by atoms with Gasteiger partial charge >= 0.3 is 0 Å². The van der Waals surface area contributed by atoms with Crippen molar-refractivity contribution >= 4 is 15.9 Å². The number of hydrogen-bond acceptors (Lipinski definition) is 0. The lowest BCUT2D eigenvalue weighted by atomic mass is 10.1. The summed E-state index contributed by atoms with van der Waals surface area (Å²) in [5, 5.41) is 0. The van der Waals surface area contributed by atoms with Crippen molar-refractivity contribution in [3.8, 4) is 11.8 Å². The van der Waals surface area contributed by atoms with Gasteiger partial charge in [-0.25, -0.2) is 0 Å². The van der Waals surface area contributed by atoms with Gasteiger partial charge < -0.3 is 0 Å².